The molecule has 0 amide bonds. The van der Waals surface area contributed by atoms with Crippen LogP contribution in [0.4, 0.5) is 14.6 Å². The van der Waals surface area contributed by atoms with Crippen molar-refractivity contribution in [1.29, 1.82) is 0 Å². The lowest BCUT2D eigenvalue weighted by atomic mass is 9.74. The minimum absolute atomic E-state index is 0.00424. The van der Waals surface area contributed by atoms with Crippen molar-refractivity contribution in [2.75, 3.05) is 51.5 Å². The number of phenols is 1. The summed E-state index contributed by atoms with van der Waals surface area (Å²) in [5.74, 6) is -1.42. The molecule has 2 N–H and O–H groups in total. The van der Waals surface area contributed by atoms with Crippen molar-refractivity contribution in [3.8, 4) is 28.9 Å². The number of pyridine rings is 1. The molecule has 5 heterocycles. The van der Waals surface area contributed by atoms with Crippen molar-refractivity contribution in [3.63, 3.8) is 0 Å². The molecule has 8 rings (SSSR count). The van der Waals surface area contributed by atoms with E-state index < -0.39 is 23.3 Å². The zero-order valence-corrected chi connectivity index (χ0v) is 30.8. The van der Waals surface area contributed by atoms with E-state index in [2.05, 4.69) is 14.9 Å². The standard InChI is InChI=1S/C40H49F2N5O6/c1-23-16-26(17-24(2)53-23)47-13-7-12-40(11-6-10-30(40)47)22-52-38-44-35-32(36(45-38)46-14-15-51-21-39(3,49)20-46)37(50-4)43-34(33(35)42)28-19-27(48)18-25-8-5-9-29(41)31(25)28/h5,8-9,18-19,23-24,26,30,48-49H,6-7,10-17,20-22H2,1-4H3/i26D. The van der Waals surface area contributed by atoms with Gasteiger partial charge in [-0.05, 0) is 89.4 Å². The number of β-amino-alcohol motifs (C(OH)–C–C–N with tert-alkyl or cyclic N) is 1. The lowest BCUT2D eigenvalue weighted by Crippen LogP contribution is -2.57. The van der Waals surface area contributed by atoms with E-state index in [4.69, 9.17) is 23.9 Å². The Morgan fingerprint density at radius 1 is 1.06 bits per heavy atom. The highest BCUT2D eigenvalue weighted by atomic mass is 19.1. The summed E-state index contributed by atoms with van der Waals surface area (Å²) in [4.78, 5) is 18.3. The molecule has 284 valence electrons. The van der Waals surface area contributed by atoms with Crippen LogP contribution in [0.2, 0.25) is 0 Å². The van der Waals surface area contributed by atoms with Crippen LogP contribution in [0.5, 0.6) is 17.6 Å². The number of aromatic nitrogens is 3. The van der Waals surface area contributed by atoms with Gasteiger partial charge in [-0.25, -0.2) is 13.8 Å². The van der Waals surface area contributed by atoms with Gasteiger partial charge in [-0.3, -0.25) is 4.90 Å². The van der Waals surface area contributed by atoms with E-state index in [0.29, 0.717) is 24.8 Å². The second kappa shape index (κ2) is 14.1. The summed E-state index contributed by atoms with van der Waals surface area (Å²) in [7, 11) is 1.40. The quantitative estimate of drug-likeness (QED) is 0.220. The molecule has 0 spiro atoms. The Morgan fingerprint density at radius 2 is 1.85 bits per heavy atom. The molecule has 0 radical (unpaired) electrons. The Bertz CT molecular complexity index is 2060. The number of phenolic OH excluding ortho intramolecular Hbond substituents is 1. The average molecular weight is 735 g/mol. The van der Waals surface area contributed by atoms with Crippen molar-refractivity contribution in [1.82, 2.24) is 19.9 Å². The van der Waals surface area contributed by atoms with Gasteiger partial charge in [0.05, 0.1) is 45.7 Å². The first-order valence-corrected chi connectivity index (χ1v) is 18.8. The summed E-state index contributed by atoms with van der Waals surface area (Å²) in [5.41, 5.74) is -1.89. The maximum absolute atomic E-state index is 17.2. The van der Waals surface area contributed by atoms with Crippen molar-refractivity contribution < 1.29 is 39.3 Å². The third-order valence-corrected chi connectivity index (χ3v) is 11.5. The molecule has 3 saturated heterocycles. The van der Waals surface area contributed by atoms with Crippen molar-refractivity contribution in [2.24, 2.45) is 5.41 Å². The molecule has 3 aliphatic heterocycles. The monoisotopic (exact) mass is 734 g/mol. The van der Waals surface area contributed by atoms with E-state index in [1.807, 2.05) is 13.8 Å². The Morgan fingerprint density at radius 3 is 2.64 bits per heavy atom. The molecule has 4 aromatic rings. The van der Waals surface area contributed by atoms with Crippen LogP contribution < -0.4 is 14.4 Å². The number of hydrogen-bond acceptors (Lipinski definition) is 11. The van der Waals surface area contributed by atoms with Crippen LogP contribution in [0.3, 0.4) is 0 Å². The van der Waals surface area contributed by atoms with Crippen LogP contribution in [-0.4, -0.2) is 106 Å². The predicted octanol–water partition coefficient (Wildman–Crippen LogP) is 6.39. The largest absolute Gasteiger partial charge is 0.508 e. The molecule has 13 heteroatoms. The number of piperidine rings is 1. The number of methoxy groups -OCH3 is 1. The number of ether oxygens (including phenoxy) is 4. The third kappa shape index (κ3) is 6.74. The molecular weight excluding hydrogens is 684 g/mol. The number of nitrogens with zero attached hydrogens (tertiary/aromatic N) is 5. The summed E-state index contributed by atoms with van der Waals surface area (Å²) >= 11 is 0. The molecule has 53 heavy (non-hydrogen) atoms. The topological polar surface area (TPSA) is 123 Å². The van der Waals surface area contributed by atoms with Gasteiger partial charge in [-0.15, -0.1) is 0 Å². The summed E-state index contributed by atoms with van der Waals surface area (Å²) in [6, 6.07) is 6.43. The Kier molecular flexibility index (Phi) is 9.24. The summed E-state index contributed by atoms with van der Waals surface area (Å²) in [6.07, 6.45) is 6.00. The number of benzene rings is 2. The minimum Gasteiger partial charge on any atom is -0.508 e. The van der Waals surface area contributed by atoms with Gasteiger partial charge in [0.15, 0.2) is 5.82 Å². The number of anilines is 1. The lowest BCUT2D eigenvalue weighted by Gasteiger charge is -2.51. The highest BCUT2D eigenvalue weighted by Crippen LogP contribution is 2.50. The fourth-order valence-corrected chi connectivity index (χ4v) is 9.42. The highest BCUT2D eigenvalue weighted by Gasteiger charge is 2.51. The molecule has 2 aromatic heterocycles. The molecule has 2 aromatic carbocycles. The first-order chi connectivity index (χ1) is 25.8. The Labute approximate surface area is 309 Å². The van der Waals surface area contributed by atoms with Crippen molar-refractivity contribution in [2.45, 2.75) is 95.6 Å². The van der Waals surface area contributed by atoms with E-state index in [9.17, 15) is 11.6 Å². The number of rotatable bonds is 7. The average Bonchev–Trinajstić information content (AvgIpc) is 3.46. The van der Waals surface area contributed by atoms with Gasteiger partial charge in [0.1, 0.15) is 39.6 Å². The molecule has 5 unspecified atom stereocenters. The van der Waals surface area contributed by atoms with Gasteiger partial charge < -0.3 is 34.1 Å². The number of aromatic hydroxyl groups is 1. The van der Waals surface area contributed by atoms with Crippen molar-refractivity contribution in [3.05, 3.63) is 42.0 Å². The van der Waals surface area contributed by atoms with E-state index in [0.717, 1.165) is 38.6 Å². The van der Waals surface area contributed by atoms with Gasteiger partial charge in [0.25, 0.3) is 0 Å². The summed E-state index contributed by atoms with van der Waals surface area (Å²) in [6.45, 7) is 7.69. The zero-order valence-electron chi connectivity index (χ0n) is 31.8. The number of hydrogen-bond donors (Lipinski definition) is 2. The smallest absolute Gasteiger partial charge is 0.319 e. The van der Waals surface area contributed by atoms with Crippen LogP contribution in [0, 0.1) is 17.0 Å². The first kappa shape index (κ1) is 34.8. The molecule has 11 nitrogen and oxygen atoms in total. The van der Waals surface area contributed by atoms with Crippen LogP contribution in [-0.2, 0) is 9.47 Å². The van der Waals surface area contributed by atoms with Crippen LogP contribution in [0.25, 0.3) is 32.9 Å². The number of halogens is 2. The molecule has 4 fully saturated rings. The second-order valence-corrected chi connectivity index (χ2v) is 15.7. The number of likely N-dealkylation sites (tertiary alicyclic amines) is 1. The van der Waals surface area contributed by atoms with Gasteiger partial charge in [-0.1, -0.05) is 18.6 Å². The zero-order chi connectivity index (χ0) is 38.0. The van der Waals surface area contributed by atoms with E-state index in [1.54, 1.807) is 17.9 Å². The lowest BCUT2D eigenvalue weighted by molar-refractivity contribution is -0.0967. The number of aliphatic hydroxyl groups is 1. The first-order valence-electron chi connectivity index (χ1n) is 19.3. The third-order valence-electron chi connectivity index (χ3n) is 11.5. The molecule has 5 atom stereocenters. The Balaban J connectivity index is 1.24. The molecular formula is C40H49F2N5O6. The van der Waals surface area contributed by atoms with E-state index in [1.165, 1.54) is 31.4 Å². The van der Waals surface area contributed by atoms with Gasteiger partial charge in [0.2, 0.25) is 5.88 Å². The Hall–Kier alpha value is -3.91. The summed E-state index contributed by atoms with van der Waals surface area (Å²) < 4.78 is 66.3. The predicted molar refractivity (Wildman–Crippen MR) is 197 cm³/mol. The molecule has 1 aliphatic carbocycles. The van der Waals surface area contributed by atoms with Crippen molar-refractivity contribution >= 4 is 27.5 Å². The van der Waals surface area contributed by atoms with Crippen LogP contribution in [0.1, 0.15) is 67.1 Å². The van der Waals surface area contributed by atoms with Gasteiger partial charge in [-0.2, -0.15) is 9.97 Å². The second-order valence-electron chi connectivity index (χ2n) is 15.7. The summed E-state index contributed by atoms with van der Waals surface area (Å²) in [5, 5.41) is 22.4. The van der Waals surface area contributed by atoms with Gasteiger partial charge in [0, 0.05) is 36.3 Å². The van der Waals surface area contributed by atoms with Crippen LogP contribution >= 0.6 is 0 Å². The highest BCUT2D eigenvalue weighted by molar-refractivity contribution is 6.02. The van der Waals surface area contributed by atoms with Crippen LogP contribution in [0.15, 0.2) is 30.3 Å². The minimum atomic E-state index is -1.25. The SMILES string of the molecule is [2H]C1(N2CCCC3(COc4nc(N5CCOCC(C)(O)C5)c5c(OC)nc(-c6cc(O)cc7cccc(F)c67)c(F)c5n4)CCCC23)CC(C)OC(C)C1. The van der Waals surface area contributed by atoms with Gasteiger partial charge >= 0.3 is 6.01 Å². The normalized spacial score (nSPS) is 31.3. The van der Waals surface area contributed by atoms with E-state index >= 15 is 8.78 Å². The number of fused-ring (bicyclic) bond motifs is 3. The van der Waals surface area contributed by atoms with E-state index in [-0.39, 0.29) is 101 Å². The fraction of sp³-hybridized carbons (Fsp3) is 0.575. The molecule has 0 bridgehead atoms. The fourth-order valence-electron chi connectivity index (χ4n) is 9.42. The maximum Gasteiger partial charge on any atom is 0.319 e. The molecule has 1 saturated carbocycles. The maximum atomic E-state index is 17.2. The molecule has 4 aliphatic rings.